The Morgan fingerprint density at radius 3 is 0.918 bits per heavy atom. The molecule has 10 heteroatoms. The van der Waals surface area contributed by atoms with Crippen molar-refractivity contribution in [2.75, 3.05) is 67.5 Å². The zero-order chi connectivity index (χ0) is 54.2. The lowest BCUT2D eigenvalue weighted by Crippen LogP contribution is -2.53. The van der Waals surface area contributed by atoms with Crippen molar-refractivity contribution < 1.29 is 19.2 Å². The number of unbranched alkanes of at least 4 members (excludes halogenated alkanes) is 26. The highest BCUT2D eigenvalue weighted by Gasteiger charge is 2.33. The van der Waals surface area contributed by atoms with Gasteiger partial charge in [0.2, 0.25) is 23.6 Å². The van der Waals surface area contributed by atoms with Crippen molar-refractivity contribution in [3.63, 3.8) is 0 Å². The Morgan fingerprint density at radius 1 is 0.356 bits per heavy atom. The molecule has 0 radical (unpaired) electrons. The highest BCUT2D eigenvalue weighted by Crippen LogP contribution is 2.19. The zero-order valence-corrected chi connectivity index (χ0v) is 50.0. The molecule has 0 aromatic heterocycles. The Labute approximate surface area is 453 Å². The van der Waals surface area contributed by atoms with E-state index in [9.17, 15) is 19.2 Å². The molecule has 2 unspecified atom stereocenters. The molecule has 10 nitrogen and oxygen atoms in total. The minimum Gasteiger partial charge on any atom is -0.354 e. The van der Waals surface area contributed by atoms with Crippen LogP contribution in [0.15, 0.2) is 24.3 Å². The number of nitrogens with zero attached hydrogens (tertiary/aromatic N) is 4. The predicted molar refractivity (Wildman–Crippen MR) is 315 cm³/mol. The second-order valence-corrected chi connectivity index (χ2v) is 22.9. The van der Waals surface area contributed by atoms with E-state index in [0.717, 1.165) is 109 Å². The fourth-order valence-corrected chi connectivity index (χ4v) is 9.95. The zero-order valence-electron chi connectivity index (χ0n) is 50.0. The average Bonchev–Trinajstić information content (AvgIpc) is 3.34. The second-order valence-electron chi connectivity index (χ2n) is 22.9. The lowest BCUT2D eigenvalue weighted by atomic mass is 9.99. The Kier molecular flexibility index (Phi) is 48.2. The number of hydrogen-bond acceptors (Lipinski definition) is 6. The first kappa shape index (κ1) is 70.3. The van der Waals surface area contributed by atoms with Crippen LogP contribution in [-0.4, -0.2) is 123 Å². The summed E-state index contributed by atoms with van der Waals surface area (Å²) in [6.07, 6.45) is 48.8. The van der Waals surface area contributed by atoms with Crippen LogP contribution in [0.2, 0.25) is 0 Å². The van der Waals surface area contributed by atoms with Crippen LogP contribution in [0.5, 0.6) is 0 Å². The molecule has 0 aromatic carbocycles. The molecule has 0 saturated heterocycles. The van der Waals surface area contributed by atoms with E-state index in [1.165, 1.54) is 116 Å². The van der Waals surface area contributed by atoms with Gasteiger partial charge in [-0.1, -0.05) is 188 Å². The maximum Gasteiger partial charge on any atom is 0.243 e. The average molecular weight is 1030 g/mol. The quantitative estimate of drug-likeness (QED) is 0.0464. The van der Waals surface area contributed by atoms with E-state index < -0.39 is 12.1 Å². The van der Waals surface area contributed by atoms with Gasteiger partial charge in [-0.2, -0.15) is 0 Å². The second kappa shape index (κ2) is 50.1. The number of amides is 4. The number of allylic oxidation sites excluding steroid dienone is 4. The summed E-state index contributed by atoms with van der Waals surface area (Å²) in [4.78, 5) is 63.0. The van der Waals surface area contributed by atoms with Crippen molar-refractivity contribution in [1.29, 1.82) is 0 Å². The van der Waals surface area contributed by atoms with Gasteiger partial charge >= 0.3 is 0 Å². The Hall–Kier alpha value is -2.72. The summed E-state index contributed by atoms with van der Waals surface area (Å²) in [7, 11) is 8.21. The van der Waals surface area contributed by atoms with Gasteiger partial charge in [0.25, 0.3) is 0 Å². The summed E-state index contributed by atoms with van der Waals surface area (Å²) in [5.41, 5.74) is 0. The van der Waals surface area contributed by atoms with E-state index in [4.69, 9.17) is 0 Å². The van der Waals surface area contributed by atoms with Crippen LogP contribution < -0.4 is 10.6 Å². The number of carbonyl (C=O) groups is 4. The van der Waals surface area contributed by atoms with E-state index in [0.29, 0.717) is 39.0 Å². The lowest BCUT2D eigenvalue weighted by Gasteiger charge is -2.34. The molecule has 428 valence electrons. The van der Waals surface area contributed by atoms with E-state index in [2.05, 4.69) is 114 Å². The summed E-state index contributed by atoms with van der Waals surface area (Å²) in [6, 6.07) is -0.940. The normalized spacial score (nSPS) is 12.8. The summed E-state index contributed by atoms with van der Waals surface area (Å²) >= 11 is 0. The first-order chi connectivity index (χ1) is 35.3. The molecule has 0 saturated carbocycles. The maximum absolute atomic E-state index is 13.7. The fourth-order valence-electron chi connectivity index (χ4n) is 9.95. The van der Waals surface area contributed by atoms with Gasteiger partial charge in [-0.3, -0.25) is 19.2 Å². The third-order valence-corrected chi connectivity index (χ3v) is 14.4. The van der Waals surface area contributed by atoms with Crippen LogP contribution in [0.1, 0.15) is 266 Å². The summed E-state index contributed by atoms with van der Waals surface area (Å²) in [5.74, 6) is 0.166. The SMILES string of the molecule is CCCCCCCC/C=C\CCCCCCCC(=O)N(CCCN(C)C)C(C(=O)NCCCCCCCNC(=O)C(C(C)C)N(CCCN(C)C)C(=O)CCCCCCC/C=C\CCCCCCCC)C(C)C. The lowest BCUT2D eigenvalue weighted by molar-refractivity contribution is -0.142. The predicted octanol–water partition coefficient (Wildman–Crippen LogP) is 14.9. The third kappa shape index (κ3) is 41.2. The van der Waals surface area contributed by atoms with E-state index in [-0.39, 0.29) is 35.5 Å². The van der Waals surface area contributed by atoms with Crippen molar-refractivity contribution in [3.05, 3.63) is 24.3 Å². The molecule has 0 aliphatic carbocycles. The molecular weight excluding hydrogens is 905 g/mol. The molecule has 0 bridgehead atoms. The highest BCUT2D eigenvalue weighted by molar-refractivity contribution is 5.88. The molecule has 2 atom stereocenters. The van der Waals surface area contributed by atoms with Gasteiger partial charge in [-0.05, 0) is 143 Å². The van der Waals surface area contributed by atoms with Crippen molar-refractivity contribution in [2.24, 2.45) is 11.8 Å². The summed E-state index contributed by atoms with van der Waals surface area (Å²) < 4.78 is 0. The van der Waals surface area contributed by atoms with Gasteiger partial charge in [0.15, 0.2) is 0 Å². The van der Waals surface area contributed by atoms with Gasteiger partial charge in [-0.15, -0.1) is 0 Å². The molecule has 0 fully saturated rings. The molecule has 0 spiro atoms. The molecular formula is C63H122N6O4. The standard InChI is InChI=1S/C63H122N6O4/c1-11-13-15-17-19-21-23-25-27-29-31-33-35-38-42-48-58(70)68(54-46-52-66(7)8)60(56(3)4)62(72)64-50-44-40-37-41-45-51-65-63(73)61(57(5)6)69(55-47-53-67(9)10)59(71)49-43-39-36-34-32-30-28-26-24-22-20-18-16-14-12-2/h25-28,56-57,60-61H,11-24,29-55H2,1-10H3,(H,64,72)(H,65,73)/b27-25-,28-26-. The fraction of sp³-hybridized carbons (Fsp3) is 0.873. The smallest absolute Gasteiger partial charge is 0.243 e. The minimum atomic E-state index is -0.470. The molecule has 0 heterocycles. The van der Waals surface area contributed by atoms with Crippen LogP contribution in [0, 0.1) is 11.8 Å². The summed E-state index contributed by atoms with van der Waals surface area (Å²) in [6.45, 7) is 16.9. The van der Waals surface area contributed by atoms with E-state index in [1.807, 2.05) is 9.80 Å². The van der Waals surface area contributed by atoms with Crippen LogP contribution in [0.3, 0.4) is 0 Å². The van der Waals surface area contributed by atoms with Crippen molar-refractivity contribution in [2.45, 2.75) is 278 Å². The first-order valence-electron chi connectivity index (χ1n) is 31.0. The third-order valence-electron chi connectivity index (χ3n) is 14.4. The molecule has 0 aliphatic rings. The van der Waals surface area contributed by atoms with Crippen molar-refractivity contribution in [3.8, 4) is 0 Å². The van der Waals surface area contributed by atoms with E-state index in [1.54, 1.807) is 0 Å². The van der Waals surface area contributed by atoms with Crippen molar-refractivity contribution >= 4 is 23.6 Å². The van der Waals surface area contributed by atoms with Gasteiger partial charge in [0, 0.05) is 39.0 Å². The maximum atomic E-state index is 13.7. The molecule has 2 N–H and O–H groups in total. The monoisotopic (exact) mass is 1030 g/mol. The number of hydrogen-bond donors (Lipinski definition) is 2. The van der Waals surface area contributed by atoms with Gasteiger partial charge < -0.3 is 30.2 Å². The van der Waals surface area contributed by atoms with Crippen LogP contribution >= 0.6 is 0 Å². The van der Waals surface area contributed by atoms with Gasteiger partial charge in [-0.25, -0.2) is 0 Å². The van der Waals surface area contributed by atoms with Gasteiger partial charge in [0.05, 0.1) is 0 Å². The van der Waals surface area contributed by atoms with Crippen LogP contribution in [0.4, 0.5) is 0 Å². The first-order valence-corrected chi connectivity index (χ1v) is 31.0. The minimum absolute atomic E-state index is 0.0168. The Balaban J connectivity index is 4.81. The number of carbonyl (C=O) groups excluding carboxylic acids is 4. The van der Waals surface area contributed by atoms with Crippen LogP contribution in [-0.2, 0) is 19.2 Å². The van der Waals surface area contributed by atoms with Crippen LogP contribution in [0.25, 0.3) is 0 Å². The van der Waals surface area contributed by atoms with Crippen molar-refractivity contribution in [1.82, 2.24) is 30.2 Å². The molecule has 0 aromatic rings. The summed E-state index contributed by atoms with van der Waals surface area (Å²) in [5, 5.41) is 6.39. The molecule has 0 aliphatic heterocycles. The number of rotatable bonds is 52. The number of nitrogens with one attached hydrogen (secondary N) is 2. The topological polar surface area (TPSA) is 105 Å². The highest BCUT2D eigenvalue weighted by atomic mass is 16.2. The molecule has 0 rings (SSSR count). The Morgan fingerprint density at radius 2 is 0.630 bits per heavy atom. The van der Waals surface area contributed by atoms with Gasteiger partial charge in [0.1, 0.15) is 12.1 Å². The van der Waals surface area contributed by atoms with E-state index >= 15 is 0 Å². The molecule has 4 amide bonds. The Bertz CT molecular complexity index is 1260. The molecule has 73 heavy (non-hydrogen) atoms. The largest absolute Gasteiger partial charge is 0.354 e.